The number of amides is 1. The van der Waals surface area contributed by atoms with Crippen molar-refractivity contribution in [2.24, 2.45) is 5.92 Å². The number of fused-ring (bicyclic) bond motifs is 2. The van der Waals surface area contributed by atoms with Gasteiger partial charge in [0.2, 0.25) is 0 Å². The highest BCUT2D eigenvalue weighted by Crippen LogP contribution is 2.40. The van der Waals surface area contributed by atoms with Crippen LogP contribution in [0, 0.1) is 5.92 Å². The minimum Gasteiger partial charge on any atom is -0.373 e. The molecular formula is C17H19N3O2. The van der Waals surface area contributed by atoms with Crippen molar-refractivity contribution in [3.05, 3.63) is 54.1 Å². The van der Waals surface area contributed by atoms with Gasteiger partial charge in [-0.25, -0.2) is 0 Å². The molecule has 2 aliphatic rings. The molecule has 3 unspecified atom stereocenters. The Balaban J connectivity index is 1.35. The molecule has 2 aromatic heterocycles. The minimum atomic E-state index is 0.138. The molecule has 2 aromatic rings. The van der Waals surface area contributed by atoms with E-state index in [0.717, 1.165) is 30.5 Å². The Morgan fingerprint density at radius 2 is 2.36 bits per heavy atom. The summed E-state index contributed by atoms with van der Waals surface area (Å²) < 4.78 is 6.06. The average molecular weight is 297 g/mol. The minimum absolute atomic E-state index is 0.138. The second-order valence-corrected chi connectivity index (χ2v) is 6.15. The molecule has 2 fully saturated rings. The first-order valence-electron chi connectivity index (χ1n) is 7.75. The van der Waals surface area contributed by atoms with E-state index in [1.54, 1.807) is 18.6 Å². The Morgan fingerprint density at radius 1 is 1.41 bits per heavy atom. The molecule has 0 spiro atoms. The van der Waals surface area contributed by atoms with E-state index in [0.29, 0.717) is 18.6 Å². The Bertz CT molecular complexity index is 641. The molecule has 1 N–H and O–H groups in total. The molecule has 1 amide bonds. The van der Waals surface area contributed by atoms with Gasteiger partial charge in [0.1, 0.15) is 0 Å². The number of ether oxygens (including phenoxy) is 1. The summed E-state index contributed by atoms with van der Waals surface area (Å²) in [6.45, 7) is 1.42. The maximum Gasteiger partial charge on any atom is 0.255 e. The third-order valence-corrected chi connectivity index (χ3v) is 4.77. The molecule has 1 aliphatic heterocycles. The second kappa shape index (κ2) is 5.57. The quantitative estimate of drug-likeness (QED) is 0.941. The van der Waals surface area contributed by atoms with Crippen molar-refractivity contribution in [3.8, 4) is 0 Å². The number of carbonyl (C=O) groups is 1. The van der Waals surface area contributed by atoms with Gasteiger partial charge in [-0.1, -0.05) is 6.07 Å². The number of pyridine rings is 1. The van der Waals surface area contributed by atoms with Crippen LogP contribution in [-0.4, -0.2) is 39.5 Å². The fourth-order valence-electron chi connectivity index (χ4n) is 3.67. The van der Waals surface area contributed by atoms with E-state index in [4.69, 9.17) is 4.74 Å². The van der Waals surface area contributed by atoms with E-state index in [2.05, 4.69) is 9.97 Å². The lowest BCUT2D eigenvalue weighted by atomic mass is 10.1. The highest BCUT2D eigenvalue weighted by Gasteiger charge is 2.47. The number of nitrogens with zero attached hydrogens (tertiary/aromatic N) is 2. The van der Waals surface area contributed by atoms with Crippen LogP contribution in [0.25, 0.3) is 0 Å². The van der Waals surface area contributed by atoms with Crippen LogP contribution in [0.4, 0.5) is 0 Å². The average Bonchev–Trinajstić information content (AvgIpc) is 3.29. The lowest BCUT2D eigenvalue weighted by Crippen LogP contribution is -2.42. The van der Waals surface area contributed by atoms with Crippen molar-refractivity contribution in [2.45, 2.75) is 31.6 Å². The van der Waals surface area contributed by atoms with E-state index < -0.39 is 0 Å². The fraction of sp³-hybridized carbons (Fsp3) is 0.412. The third-order valence-electron chi connectivity index (χ3n) is 4.77. The summed E-state index contributed by atoms with van der Waals surface area (Å²) in [5.41, 5.74) is 1.85. The fourth-order valence-corrected chi connectivity index (χ4v) is 3.67. The van der Waals surface area contributed by atoms with Crippen LogP contribution in [0.5, 0.6) is 0 Å². The number of aromatic nitrogens is 2. The zero-order valence-corrected chi connectivity index (χ0v) is 12.3. The molecule has 1 saturated heterocycles. The summed E-state index contributed by atoms with van der Waals surface area (Å²) in [5, 5.41) is 0. The van der Waals surface area contributed by atoms with Crippen LogP contribution in [-0.2, 0) is 11.3 Å². The van der Waals surface area contributed by atoms with Gasteiger partial charge < -0.3 is 14.6 Å². The van der Waals surface area contributed by atoms with Gasteiger partial charge >= 0.3 is 0 Å². The summed E-state index contributed by atoms with van der Waals surface area (Å²) >= 11 is 0. The van der Waals surface area contributed by atoms with E-state index in [9.17, 15) is 4.79 Å². The van der Waals surface area contributed by atoms with E-state index in [1.165, 1.54) is 0 Å². The van der Waals surface area contributed by atoms with E-state index >= 15 is 0 Å². The van der Waals surface area contributed by atoms with Crippen LogP contribution in [0.15, 0.2) is 43.0 Å². The van der Waals surface area contributed by atoms with Crippen molar-refractivity contribution in [2.75, 3.05) is 6.54 Å². The van der Waals surface area contributed by atoms with Gasteiger partial charge in [0.05, 0.1) is 18.3 Å². The van der Waals surface area contributed by atoms with Crippen LogP contribution in [0.1, 0.15) is 28.8 Å². The molecule has 3 atom stereocenters. The monoisotopic (exact) mass is 297 g/mol. The van der Waals surface area contributed by atoms with Crippen LogP contribution < -0.4 is 0 Å². The van der Waals surface area contributed by atoms with Gasteiger partial charge in [-0.2, -0.15) is 0 Å². The number of rotatable bonds is 4. The van der Waals surface area contributed by atoms with Crippen molar-refractivity contribution >= 4 is 5.91 Å². The van der Waals surface area contributed by atoms with Gasteiger partial charge in [0.15, 0.2) is 0 Å². The molecular weight excluding hydrogens is 278 g/mol. The predicted octanol–water partition coefficient (Wildman–Crippen LogP) is 2.23. The van der Waals surface area contributed by atoms with E-state index in [-0.39, 0.29) is 12.0 Å². The Labute approximate surface area is 129 Å². The Kier molecular flexibility index (Phi) is 3.42. The molecule has 3 heterocycles. The summed E-state index contributed by atoms with van der Waals surface area (Å²) in [4.78, 5) is 21.5. The van der Waals surface area contributed by atoms with Gasteiger partial charge in [-0.3, -0.25) is 9.78 Å². The predicted molar refractivity (Wildman–Crippen MR) is 81.2 cm³/mol. The maximum atomic E-state index is 12.4. The third kappa shape index (κ3) is 2.41. The molecule has 114 valence electrons. The summed E-state index contributed by atoms with van der Waals surface area (Å²) in [5.74, 6) is 0.601. The summed E-state index contributed by atoms with van der Waals surface area (Å²) in [7, 11) is 0. The molecule has 0 aromatic carbocycles. The highest BCUT2D eigenvalue weighted by atomic mass is 16.5. The molecule has 5 heteroatoms. The smallest absolute Gasteiger partial charge is 0.255 e. The number of aromatic amines is 1. The number of H-pyrrole nitrogens is 1. The lowest BCUT2D eigenvalue weighted by Gasteiger charge is -2.31. The molecule has 0 radical (unpaired) electrons. The second-order valence-electron chi connectivity index (χ2n) is 6.15. The topological polar surface area (TPSA) is 58.2 Å². The molecule has 2 bridgehead atoms. The van der Waals surface area contributed by atoms with Crippen molar-refractivity contribution < 1.29 is 9.53 Å². The normalized spacial score (nSPS) is 26.5. The molecule has 1 aliphatic carbocycles. The molecule has 4 rings (SSSR count). The lowest BCUT2D eigenvalue weighted by molar-refractivity contribution is -0.00795. The van der Waals surface area contributed by atoms with Crippen LogP contribution >= 0.6 is 0 Å². The number of piperidine rings is 1. The van der Waals surface area contributed by atoms with Gasteiger partial charge in [-0.05, 0) is 30.5 Å². The molecule has 22 heavy (non-hydrogen) atoms. The van der Waals surface area contributed by atoms with Crippen LogP contribution in [0.3, 0.4) is 0 Å². The first-order valence-corrected chi connectivity index (χ1v) is 7.75. The van der Waals surface area contributed by atoms with Gasteiger partial charge in [-0.15, -0.1) is 0 Å². The van der Waals surface area contributed by atoms with Crippen LogP contribution in [0.2, 0.25) is 0 Å². The van der Waals surface area contributed by atoms with Crippen molar-refractivity contribution in [1.82, 2.24) is 14.9 Å². The zero-order chi connectivity index (χ0) is 14.9. The number of hydrogen-bond acceptors (Lipinski definition) is 3. The van der Waals surface area contributed by atoms with Gasteiger partial charge in [0.25, 0.3) is 5.91 Å². The number of carbonyl (C=O) groups excluding carboxylic acids is 1. The summed E-state index contributed by atoms with van der Waals surface area (Å²) in [6.07, 6.45) is 9.45. The first-order chi connectivity index (χ1) is 10.8. The zero-order valence-electron chi connectivity index (χ0n) is 12.3. The number of nitrogens with one attached hydrogen (secondary N) is 1. The summed E-state index contributed by atoms with van der Waals surface area (Å²) in [6, 6.07) is 6.12. The van der Waals surface area contributed by atoms with E-state index in [1.807, 2.05) is 29.3 Å². The standard InChI is InChI=1S/C17H19N3O2/c21-17(13-3-5-19-9-13)20-10-14-6-15(20)7-16(14)22-11-12-2-1-4-18-8-12/h1-5,8-9,14-16,19H,6-7,10-11H2. The Hall–Kier alpha value is -2.14. The largest absolute Gasteiger partial charge is 0.373 e. The van der Waals surface area contributed by atoms with Crippen molar-refractivity contribution in [1.29, 1.82) is 0 Å². The van der Waals surface area contributed by atoms with Crippen molar-refractivity contribution in [3.63, 3.8) is 0 Å². The maximum absolute atomic E-state index is 12.4. The molecule has 1 saturated carbocycles. The first kappa shape index (κ1) is 13.5. The SMILES string of the molecule is O=C(c1cc[nH]c1)N1CC2CC1CC2OCc1cccnc1. The molecule has 5 nitrogen and oxygen atoms in total. The Morgan fingerprint density at radius 3 is 3.05 bits per heavy atom. The number of likely N-dealkylation sites (tertiary alicyclic amines) is 1. The van der Waals surface area contributed by atoms with Gasteiger partial charge in [0, 0.05) is 43.3 Å². The number of hydrogen-bond donors (Lipinski definition) is 1. The highest BCUT2D eigenvalue weighted by molar-refractivity contribution is 5.94.